The van der Waals surface area contributed by atoms with Crippen molar-refractivity contribution in [3.63, 3.8) is 0 Å². The first-order chi connectivity index (χ1) is 9.51. The van der Waals surface area contributed by atoms with Gasteiger partial charge in [0.1, 0.15) is 6.07 Å². The normalized spacial score (nSPS) is 11.2. The Bertz CT molecular complexity index is 767. The van der Waals surface area contributed by atoms with Crippen molar-refractivity contribution in [3.8, 4) is 6.07 Å². The second-order valence-electron chi connectivity index (χ2n) is 4.15. The molecule has 8 heteroatoms. The van der Waals surface area contributed by atoms with Crippen molar-refractivity contribution < 1.29 is 8.42 Å². The van der Waals surface area contributed by atoms with Crippen LogP contribution < -0.4 is 10.0 Å². The molecule has 0 aliphatic carbocycles. The maximum Gasteiger partial charge on any atom is 0.208 e. The summed E-state index contributed by atoms with van der Waals surface area (Å²) in [5, 5.41) is 20.7. The molecule has 7 nitrogen and oxygen atoms in total. The van der Waals surface area contributed by atoms with Crippen LogP contribution in [0, 0.1) is 11.3 Å². The standard InChI is InChI=1S/C12H13N5O2S/c1-20(18,19)15-7-6-14-12-9-4-2-3-5-10(9)16-17-11(12)8-13/h2-5,15H,6-7H2,1H3,(H,14,16). The fourth-order valence-electron chi connectivity index (χ4n) is 1.73. The Morgan fingerprint density at radius 3 is 2.70 bits per heavy atom. The zero-order valence-corrected chi connectivity index (χ0v) is 11.6. The third kappa shape index (κ3) is 3.40. The molecule has 20 heavy (non-hydrogen) atoms. The molecule has 0 atom stereocenters. The van der Waals surface area contributed by atoms with Gasteiger partial charge in [0.15, 0.2) is 5.69 Å². The fourth-order valence-corrected chi connectivity index (χ4v) is 2.21. The Morgan fingerprint density at radius 2 is 2.00 bits per heavy atom. The Morgan fingerprint density at radius 1 is 1.25 bits per heavy atom. The van der Waals surface area contributed by atoms with Crippen LogP contribution in [0.5, 0.6) is 0 Å². The van der Waals surface area contributed by atoms with E-state index in [4.69, 9.17) is 5.26 Å². The topological polar surface area (TPSA) is 108 Å². The highest BCUT2D eigenvalue weighted by Gasteiger charge is 2.09. The number of nitrogens with zero attached hydrogens (tertiary/aromatic N) is 3. The van der Waals surface area contributed by atoms with Gasteiger partial charge >= 0.3 is 0 Å². The smallest absolute Gasteiger partial charge is 0.208 e. The number of aromatic nitrogens is 2. The van der Waals surface area contributed by atoms with Gasteiger partial charge in [-0.05, 0) is 6.07 Å². The zero-order valence-electron chi connectivity index (χ0n) is 10.8. The predicted molar refractivity (Wildman–Crippen MR) is 75.6 cm³/mol. The summed E-state index contributed by atoms with van der Waals surface area (Å²) >= 11 is 0. The molecule has 0 unspecified atom stereocenters. The summed E-state index contributed by atoms with van der Waals surface area (Å²) in [5.74, 6) is 0. The van der Waals surface area contributed by atoms with Gasteiger partial charge in [-0.2, -0.15) is 5.26 Å². The van der Waals surface area contributed by atoms with Gasteiger partial charge < -0.3 is 5.32 Å². The van der Waals surface area contributed by atoms with Gasteiger partial charge in [0.05, 0.1) is 17.5 Å². The van der Waals surface area contributed by atoms with E-state index < -0.39 is 10.0 Å². The predicted octanol–water partition coefficient (Wildman–Crippen LogP) is 0.463. The molecular weight excluding hydrogens is 278 g/mol. The highest BCUT2D eigenvalue weighted by Crippen LogP contribution is 2.23. The van der Waals surface area contributed by atoms with Gasteiger partial charge in [-0.25, -0.2) is 13.1 Å². The van der Waals surface area contributed by atoms with Crippen LogP contribution in [-0.2, 0) is 10.0 Å². The van der Waals surface area contributed by atoms with Gasteiger partial charge in [0.25, 0.3) is 0 Å². The van der Waals surface area contributed by atoms with Crippen LogP contribution in [0.2, 0.25) is 0 Å². The molecule has 104 valence electrons. The molecule has 0 aliphatic heterocycles. The highest BCUT2D eigenvalue weighted by atomic mass is 32.2. The quantitative estimate of drug-likeness (QED) is 0.775. The lowest BCUT2D eigenvalue weighted by Gasteiger charge is -2.10. The Hall–Kier alpha value is -2.24. The van der Waals surface area contributed by atoms with Crippen LogP contribution in [0.4, 0.5) is 5.69 Å². The number of hydrogen-bond acceptors (Lipinski definition) is 6. The van der Waals surface area contributed by atoms with Crippen molar-refractivity contribution >= 4 is 26.6 Å². The summed E-state index contributed by atoms with van der Waals surface area (Å²) in [4.78, 5) is 0. The molecule has 2 N–H and O–H groups in total. The number of fused-ring (bicyclic) bond motifs is 1. The lowest BCUT2D eigenvalue weighted by Crippen LogP contribution is -2.27. The maximum absolute atomic E-state index is 11.0. The zero-order chi connectivity index (χ0) is 14.6. The minimum Gasteiger partial charge on any atom is -0.381 e. The third-order valence-electron chi connectivity index (χ3n) is 2.56. The van der Waals surface area contributed by atoms with E-state index in [0.29, 0.717) is 17.7 Å². The van der Waals surface area contributed by atoms with E-state index in [1.165, 1.54) is 0 Å². The van der Waals surface area contributed by atoms with Gasteiger partial charge in [0, 0.05) is 18.5 Å². The highest BCUT2D eigenvalue weighted by molar-refractivity contribution is 7.88. The molecule has 0 fully saturated rings. The van der Waals surface area contributed by atoms with E-state index in [-0.39, 0.29) is 12.2 Å². The molecule has 2 aromatic rings. The lowest BCUT2D eigenvalue weighted by molar-refractivity contribution is 0.589. The van der Waals surface area contributed by atoms with Gasteiger partial charge in [-0.15, -0.1) is 10.2 Å². The molecule has 0 radical (unpaired) electrons. The Kier molecular flexibility index (Phi) is 4.12. The second kappa shape index (κ2) is 5.81. The van der Waals surface area contributed by atoms with E-state index in [1.807, 2.05) is 24.3 Å². The Labute approximate surface area is 116 Å². The lowest BCUT2D eigenvalue weighted by atomic mass is 10.1. The van der Waals surface area contributed by atoms with Gasteiger partial charge in [-0.3, -0.25) is 0 Å². The van der Waals surface area contributed by atoms with Crippen LogP contribution in [0.1, 0.15) is 5.69 Å². The van der Waals surface area contributed by atoms with Crippen molar-refractivity contribution in [2.75, 3.05) is 24.7 Å². The summed E-state index contributed by atoms with van der Waals surface area (Å²) in [6.07, 6.45) is 1.09. The van der Waals surface area contributed by atoms with Crippen LogP contribution >= 0.6 is 0 Å². The number of nitriles is 1. The number of anilines is 1. The molecule has 0 spiro atoms. The van der Waals surface area contributed by atoms with Crippen molar-refractivity contribution in [3.05, 3.63) is 30.0 Å². The summed E-state index contributed by atoms with van der Waals surface area (Å²) in [6.45, 7) is 0.567. The van der Waals surface area contributed by atoms with E-state index in [1.54, 1.807) is 6.07 Å². The molecule has 1 aromatic heterocycles. The molecule has 0 saturated carbocycles. The number of hydrogen-bond donors (Lipinski definition) is 2. The average molecular weight is 291 g/mol. The van der Waals surface area contributed by atoms with E-state index in [0.717, 1.165) is 11.6 Å². The van der Waals surface area contributed by atoms with E-state index >= 15 is 0 Å². The SMILES string of the molecule is CS(=O)(=O)NCCNc1c(C#N)nnc2ccccc12. The first-order valence-corrected chi connectivity index (χ1v) is 7.74. The van der Waals surface area contributed by atoms with Crippen molar-refractivity contribution in [2.24, 2.45) is 0 Å². The molecule has 0 bridgehead atoms. The number of sulfonamides is 1. The van der Waals surface area contributed by atoms with Crippen molar-refractivity contribution in [1.82, 2.24) is 14.9 Å². The third-order valence-corrected chi connectivity index (χ3v) is 3.29. The van der Waals surface area contributed by atoms with Crippen molar-refractivity contribution in [2.45, 2.75) is 0 Å². The Balaban J connectivity index is 2.22. The minimum atomic E-state index is -3.22. The molecule has 2 rings (SSSR count). The van der Waals surface area contributed by atoms with Crippen LogP contribution in [0.3, 0.4) is 0 Å². The molecule has 0 aliphatic rings. The molecule has 1 aromatic carbocycles. The summed E-state index contributed by atoms with van der Waals surface area (Å²) in [5.41, 5.74) is 1.42. The van der Waals surface area contributed by atoms with E-state index in [9.17, 15) is 8.42 Å². The largest absolute Gasteiger partial charge is 0.381 e. The first-order valence-electron chi connectivity index (χ1n) is 5.85. The van der Waals surface area contributed by atoms with Crippen LogP contribution in [0.15, 0.2) is 24.3 Å². The minimum absolute atomic E-state index is 0.183. The van der Waals surface area contributed by atoms with E-state index in [2.05, 4.69) is 20.2 Å². The number of nitrogens with one attached hydrogen (secondary N) is 2. The summed E-state index contributed by atoms with van der Waals surface area (Å²) < 4.78 is 24.3. The molecule has 0 saturated heterocycles. The summed E-state index contributed by atoms with van der Waals surface area (Å²) in [6, 6.07) is 9.27. The number of benzene rings is 1. The average Bonchev–Trinajstić information content (AvgIpc) is 2.42. The fraction of sp³-hybridized carbons (Fsp3) is 0.250. The summed E-state index contributed by atoms with van der Waals surface area (Å²) in [7, 11) is -3.22. The van der Waals surface area contributed by atoms with Gasteiger partial charge in [-0.1, -0.05) is 18.2 Å². The first kappa shape index (κ1) is 14.2. The van der Waals surface area contributed by atoms with Crippen LogP contribution in [0.25, 0.3) is 10.9 Å². The second-order valence-corrected chi connectivity index (χ2v) is 5.98. The number of rotatable bonds is 5. The van der Waals surface area contributed by atoms with Gasteiger partial charge in [0.2, 0.25) is 10.0 Å². The maximum atomic E-state index is 11.0. The molecular formula is C12H13N5O2S. The molecule has 0 amide bonds. The monoisotopic (exact) mass is 291 g/mol. The van der Waals surface area contributed by atoms with Crippen LogP contribution in [-0.4, -0.2) is 38.0 Å². The van der Waals surface area contributed by atoms with Crippen molar-refractivity contribution in [1.29, 1.82) is 5.26 Å². The molecule has 1 heterocycles.